The molecule has 2 heterocycles. The summed E-state index contributed by atoms with van der Waals surface area (Å²) in [7, 11) is 0. The van der Waals surface area contributed by atoms with Crippen molar-refractivity contribution in [1.29, 1.82) is 0 Å². The number of ether oxygens (including phenoxy) is 1. The second-order valence-electron chi connectivity index (χ2n) is 4.80. The third-order valence-electron chi connectivity index (χ3n) is 3.30. The number of alkyl halides is 2. The first-order valence-corrected chi connectivity index (χ1v) is 5.98. The number of rotatable bonds is 3. The first-order valence-electron chi connectivity index (χ1n) is 5.98. The van der Waals surface area contributed by atoms with E-state index in [2.05, 4.69) is 5.32 Å². The summed E-state index contributed by atoms with van der Waals surface area (Å²) < 4.78 is 31.2. The summed E-state index contributed by atoms with van der Waals surface area (Å²) in [5, 5.41) is 3.15. The Kier molecular flexibility index (Phi) is 4.06. The van der Waals surface area contributed by atoms with E-state index in [4.69, 9.17) is 4.74 Å². The molecule has 0 bridgehead atoms. The molecule has 0 aliphatic carbocycles. The molecule has 2 aliphatic heterocycles. The van der Waals surface area contributed by atoms with Crippen LogP contribution in [0.15, 0.2) is 0 Å². The fourth-order valence-corrected chi connectivity index (χ4v) is 2.29. The average Bonchev–Trinajstić information content (AvgIpc) is 2.32. The zero-order valence-corrected chi connectivity index (χ0v) is 9.70. The van der Waals surface area contributed by atoms with E-state index in [1.165, 1.54) is 0 Å². The highest BCUT2D eigenvalue weighted by Crippen LogP contribution is 2.27. The molecule has 2 saturated heterocycles. The summed E-state index contributed by atoms with van der Waals surface area (Å²) in [4.78, 5) is 12.6. The molecule has 0 saturated carbocycles. The topological polar surface area (TPSA) is 41.6 Å². The molecule has 0 spiro atoms. The first-order chi connectivity index (χ1) is 8.09. The molecular formula is C11H18F2N2O2. The maximum atomic E-state index is 13.0. The van der Waals surface area contributed by atoms with Gasteiger partial charge >= 0.3 is 0 Å². The standard InChI is InChI=1S/C11H18F2N2O2/c12-11(13)1-3-15(4-2-11)5-9-7-17-8-10(6-16)14-9/h6,9-10,14H,1-5,7-8H2. The van der Waals surface area contributed by atoms with Crippen molar-refractivity contribution in [3.63, 3.8) is 0 Å². The van der Waals surface area contributed by atoms with Gasteiger partial charge in [-0.1, -0.05) is 0 Å². The molecule has 2 fully saturated rings. The van der Waals surface area contributed by atoms with E-state index in [1.54, 1.807) is 0 Å². The molecule has 4 nitrogen and oxygen atoms in total. The lowest BCUT2D eigenvalue weighted by Crippen LogP contribution is -2.55. The van der Waals surface area contributed by atoms with Gasteiger partial charge < -0.3 is 14.4 Å². The lowest BCUT2D eigenvalue weighted by atomic mass is 10.1. The summed E-state index contributed by atoms with van der Waals surface area (Å²) in [6.07, 6.45) is 0.686. The van der Waals surface area contributed by atoms with Crippen molar-refractivity contribution in [1.82, 2.24) is 10.2 Å². The highest BCUT2D eigenvalue weighted by Gasteiger charge is 2.35. The summed E-state index contributed by atoms with van der Waals surface area (Å²) in [5.74, 6) is -2.50. The van der Waals surface area contributed by atoms with Crippen LogP contribution in [0.25, 0.3) is 0 Å². The largest absolute Gasteiger partial charge is 0.378 e. The van der Waals surface area contributed by atoms with Gasteiger partial charge in [-0.25, -0.2) is 8.78 Å². The number of piperidine rings is 1. The summed E-state index contributed by atoms with van der Waals surface area (Å²) >= 11 is 0. The monoisotopic (exact) mass is 248 g/mol. The number of nitrogens with one attached hydrogen (secondary N) is 1. The second kappa shape index (κ2) is 5.37. The van der Waals surface area contributed by atoms with Crippen LogP contribution in [0.2, 0.25) is 0 Å². The van der Waals surface area contributed by atoms with Crippen molar-refractivity contribution in [3.05, 3.63) is 0 Å². The average molecular weight is 248 g/mol. The first kappa shape index (κ1) is 12.9. The fourth-order valence-electron chi connectivity index (χ4n) is 2.29. The quantitative estimate of drug-likeness (QED) is 0.728. The van der Waals surface area contributed by atoms with E-state index in [9.17, 15) is 13.6 Å². The number of morpholine rings is 1. The number of nitrogens with zero attached hydrogens (tertiary/aromatic N) is 1. The van der Waals surface area contributed by atoms with Gasteiger partial charge in [-0.05, 0) is 0 Å². The molecule has 0 radical (unpaired) electrons. The van der Waals surface area contributed by atoms with E-state index >= 15 is 0 Å². The number of carbonyl (C=O) groups is 1. The van der Waals surface area contributed by atoms with E-state index in [1.807, 2.05) is 4.90 Å². The van der Waals surface area contributed by atoms with Gasteiger partial charge in [0.25, 0.3) is 5.92 Å². The van der Waals surface area contributed by atoms with Crippen molar-refractivity contribution < 1.29 is 18.3 Å². The number of hydrogen-bond acceptors (Lipinski definition) is 4. The SMILES string of the molecule is O=CC1COCC(CN2CCC(F)(F)CC2)N1. The Morgan fingerprint density at radius 2 is 2.06 bits per heavy atom. The number of likely N-dealkylation sites (tertiary alicyclic amines) is 1. The predicted molar refractivity (Wildman–Crippen MR) is 58.2 cm³/mol. The van der Waals surface area contributed by atoms with Gasteiger partial charge in [-0.3, -0.25) is 5.32 Å². The van der Waals surface area contributed by atoms with Gasteiger partial charge in [0.05, 0.1) is 19.3 Å². The van der Waals surface area contributed by atoms with Gasteiger partial charge in [-0.15, -0.1) is 0 Å². The normalized spacial score (nSPS) is 34.5. The highest BCUT2D eigenvalue weighted by atomic mass is 19.3. The number of halogens is 2. The van der Waals surface area contributed by atoms with E-state index in [-0.39, 0.29) is 24.9 Å². The molecule has 2 rings (SSSR count). The molecule has 98 valence electrons. The molecule has 0 aromatic rings. The maximum Gasteiger partial charge on any atom is 0.250 e. The van der Waals surface area contributed by atoms with Crippen LogP contribution >= 0.6 is 0 Å². The second-order valence-corrected chi connectivity index (χ2v) is 4.80. The van der Waals surface area contributed by atoms with Gasteiger partial charge in [-0.2, -0.15) is 0 Å². The Labute approximate surface area is 99.3 Å². The Hall–Kier alpha value is -0.590. The molecule has 17 heavy (non-hydrogen) atoms. The van der Waals surface area contributed by atoms with Crippen LogP contribution in [0.4, 0.5) is 8.78 Å². The zero-order chi connectivity index (χ0) is 12.3. The highest BCUT2D eigenvalue weighted by molar-refractivity contribution is 5.57. The fraction of sp³-hybridized carbons (Fsp3) is 0.909. The van der Waals surface area contributed by atoms with Gasteiger partial charge in [0.15, 0.2) is 0 Å². The van der Waals surface area contributed by atoms with Gasteiger partial charge in [0.1, 0.15) is 6.29 Å². The molecular weight excluding hydrogens is 230 g/mol. The van der Waals surface area contributed by atoms with Crippen molar-refractivity contribution in [3.8, 4) is 0 Å². The Morgan fingerprint density at radius 1 is 1.35 bits per heavy atom. The molecule has 6 heteroatoms. The lowest BCUT2D eigenvalue weighted by Gasteiger charge is -2.36. The van der Waals surface area contributed by atoms with Crippen LogP contribution in [-0.2, 0) is 9.53 Å². The zero-order valence-electron chi connectivity index (χ0n) is 9.70. The van der Waals surface area contributed by atoms with Crippen molar-refractivity contribution in [2.75, 3.05) is 32.8 Å². The maximum absolute atomic E-state index is 13.0. The molecule has 0 aromatic heterocycles. The van der Waals surface area contributed by atoms with Crippen LogP contribution in [0.1, 0.15) is 12.8 Å². The van der Waals surface area contributed by atoms with Crippen molar-refractivity contribution >= 4 is 6.29 Å². The summed E-state index contributed by atoms with van der Waals surface area (Å²) in [5.41, 5.74) is 0. The van der Waals surface area contributed by atoms with Crippen LogP contribution < -0.4 is 5.32 Å². The molecule has 1 N–H and O–H groups in total. The predicted octanol–water partition coefficient (Wildman–Crippen LogP) is 0.273. The Bertz CT molecular complexity index is 266. The van der Waals surface area contributed by atoms with E-state index in [0.717, 1.165) is 6.29 Å². The number of aldehydes is 1. The molecule has 0 amide bonds. The summed E-state index contributed by atoms with van der Waals surface area (Å²) in [6.45, 7) is 2.43. The third-order valence-corrected chi connectivity index (χ3v) is 3.30. The third kappa shape index (κ3) is 3.69. The smallest absolute Gasteiger partial charge is 0.250 e. The van der Waals surface area contributed by atoms with Gasteiger partial charge in [0.2, 0.25) is 0 Å². The van der Waals surface area contributed by atoms with E-state index in [0.29, 0.717) is 32.8 Å². The van der Waals surface area contributed by atoms with E-state index < -0.39 is 5.92 Å². The molecule has 2 aliphatic rings. The van der Waals surface area contributed by atoms with Crippen LogP contribution in [0.3, 0.4) is 0 Å². The Morgan fingerprint density at radius 3 is 2.71 bits per heavy atom. The molecule has 0 aromatic carbocycles. The Balaban J connectivity index is 1.76. The minimum Gasteiger partial charge on any atom is -0.378 e. The molecule has 2 atom stereocenters. The lowest BCUT2D eigenvalue weighted by molar-refractivity contribution is -0.113. The number of hydrogen-bond donors (Lipinski definition) is 1. The molecule has 2 unspecified atom stereocenters. The van der Waals surface area contributed by atoms with Crippen molar-refractivity contribution in [2.45, 2.75) is 30.8 Å². The number of carbonyl (C=O) groups excluding carboxylic acids is 1. The van der Waals surface area contributed by atoms with Crippen LogP contribution in [-0.4, -0.2) is 62.0 Å². The van der Waals surface area contributed by atoms with Crippen molar-refractivity contribution in [2.24, 2.45) is 0 Å². The van der Waals surface area contributed by atoms with Crippen LogP contribution in [0, 0.1) is 0 Å². The van der Waals surface area contributed by atoms with Gasteiger partial charge in [0, 0.05) is 38.5 Å². The van der Waals surface area contributed by atoms with Crippen LogP contribution in [0.5, 0.6) is 0 Å². The minimum absolute atomic E-state index is 0.0608. The summed E-state index contributed by atoms with van der Waals surface area (Å²) in [6, 6.07) is -0.203. The minimum atomic E-state index is -2.50.